The minimum Gasteiger partial charge on any atom is -0.497 e. The van der Waals surface area contributed by atoms with Crippen LogP contribution in [0.5, 0.6) is 5.75 Å². The van der Waals surface area contributed by atoms with E-state index in [2.05, 4.69) is 24.5 Å². The Morgan fingerprint density at radius 2 is 1.68 bits per heavy atom. The molecule has 2 N–H and O–H groups in total. The first-order valence-corrected chi connectivity index (χ1v) is 9.35. The lowest BCUT2D eigenvalue weighted by atomic mass is 10.0. The molecular weight excluding hydrogens is 354 g/mol. The molecule has 0 aliphatic carbocycles. The molecule has 0 aliphatic rings. The van der Waals surface area contributed by atoms with E-state index in [0.29, 0.717) is 17.4 Å². The van der Waals surface area contributed by atoms with Crippen LogP contribution in [0.1, 0.15) is 32.3 Å². The van der Waals surface area contributed by atoms with Crippen LogP contribution in [-0.2, 0) is 9.59 Å². The number of rotatable bonds is 8. The van der Waals surface area contributed by atoms with Gasteiger partial charge in [0, 0.05) is 17.4 Å². The smallest absolute Gasteiger partial charge is 0.241 e. The Morgan fingerprint density at radius 1 is 1.00 bits per heavy atom. The van der Waals surface area contributed by atoms with Crippen molar-refractivity contribution in [3.63, 3.8) is 0 Å². The lowest BCUT2D eigenvalue weighted by molar-refractivity contribution is -0.122. The zero-order chi connectivity index (χ0) is 20.7. The van der Waals surface area contributed by atoms with Gasteiger partial charge in [0.15, 0.2) is 0 Å². The van der Waals surface area contributed by atoms with Crippen molar-refractivity contribution < 1.29 is 14.3 Å². The summed E-state index contributed by atoms with van der Waals surface area (Å²) in [6, 6.07) is 14.5. The molecule has 0 fully saturated rings. The maximum absolute atomic E-state index is 12.5. The van der Waals surface area contributed by atoms with Gasteiger partial charge < -0.3 is 15.4 Å². The van der Waals surface area contributed by atoms with Crippen LogP contribution in [0.2, 0.25) is 0 Å². The van der Waals surface area contributed by atoms with Gasteiger partial charge in [-0.25, -0.2) is 0 Å². The molecule has 2 aromatic rings. The Balaban J connectivity index is 1.88. The molecule has 0 heterocycles. The van der Waals surface area contributed by atoms with Gasteiger partial charge in [0.25, 0.3) is 0 Å². The van der Waals surface area contributed by atoms with Crippen LogP contribution in [0, 0.1) is 0 Å². The monoisotopic (exact) mass is 383 g/mol. The van der Waals surface area contributed by atoms with E-state index in [1.54, 1.807) is 44.2 Å². The Hall–Kier alpha value is -2.86. The summed E-state index contributed by atoms with van der Waals surface area (Å²) in [5.41, 5.74) is 2.62. The third-order valence-corrected chi connectivity index (χ3v) is 4.63. The zero-order valence-electron chi connectivity index (χ0n) is 17.2. The number of hydrogen-bond donors (Lipinski definition) is 2. The first-order valence-electron chi connectivity index (χ1n) is 9.35. The summed E-state index contributed by atoms with van der Waals surface area (Å²) in [5.74, 6) is 0.756. The Labute approximate surface area is 166 Å². The van der Waals surface area contributed by atoms with Gasteiger partial charge in [-0.3, -0.25) is 14.5 Å². The highest BCUT2D eigenvalue weighted by Gasteiger charge is 2.20. The normalized spacial score (nSPS) is 12.0. The molecule has 28 heavy (non-hydrogen) atoms. The number of nitrogens with zero attached hydrogens (tertiary/aromatic N) is 1. The predicted molar refractivity (Wildman–Crippen MR) is 113 cm³/mol. The molecular formula is C22H29N3O3. The largest absolute Gasteiger partial charge is 0.497 e. The number of methoxy groups -OCH3 is 1. The highest BCUT2D eigenvalue weighted by atomic mass is 16.5. The second kappa shape index (κ2) is 9.90. The van der Waals surface area contributed by atoms with Crippen LogP contribution >= 0.6 is 0 Å². The van der Waals surface area contributed by atoms with E-state index in [0.717, 1.165) is 5.69 Å². The van der Waals surface area contributed by atoms with E-state index in [1.165, 1.54) is 5.56 Å². The quantitative estimate of drug-likeness (QED) is 0.729. The zero-order valence-corrected chi connectivity index (χ0v) is 17.2. The fourth-order valence-corrected chi connectivity index (χ4v) is 2.66. The molecule has 6 heteroatoms. The number of carbonyl (C=O) groups excluding carboxylic acids is 2. The lowest BCUT2D eigenvalue weighted by Crippen LogP contribution is -2.43. The lowest BCUT2D eigenvalue weighted by Gasteiger charge is -2.23. The summed E-state index contributed by atoms with van der Waals surface area (Å²) in [5, 5.41) is 5.71. The van der Waals surface area contributed by atoms with Crippen molar-refractivity contribution in [2.45, 2.75) is 32.7 Å². The number of hydrogen-bond acceptors (Lipinski definition) is 4. The van der Waals surface area contributed by atoms with Crippen molar-refractivity contribution in [3.05, 3.63) is 54.1 Å². The maximum Gasteiger partial charge on any atom is 0.241 e. The third-order valence-electron chi connectivity index (χ3n) is 4.63. The van der Waals surface area contributed by atoms with Crippen molar-refractivity contribution in [3.8, 4) is 5.75 Å². The van der Waals surface area contributed by atoms with Crippen LogP contribution in [-0.4, -0.2) is 43.5 Å². The van der Waals surface area contributed by atoms with E-state index in [1.807, 2.05) is 30.3 Å². The first-order chi connectivity index (χ1) is 13.3. The average molecular weight is 383 g/mol. The van der Waals surface area contributed by atoms with Crippen LogP contribution in [0.15, 0.2) is 48.5 Å². The van der Waals surface area contributed by atoms with Gasteiger partial charge in [0.05, 0.1) is 19.7 Å². The molecule has 0 aromatic heterocycles. The Kier molecular flexibility index (Phi) is 7.58. The predicted octanol–water partition coefficient (Wildman–Crippen LogP) is 3.72. The molecule has 0 aliphatic heterocycles. The van der Waals surface area contributed by atoms with Crippen molar-refractivity contribution in [1.82, 2.24) is 4.90 Å². The molecule has 2 amide bonds. The van der Waals surface area contributed by atoms with E-state index < -0.39 is 6.04 Å². The summed E-state index contributed by atoms with van der Waals surface area (Å²) < 4.78 is 5.15. The molecule has 6 nitrogen and oxygen atoms in total. The molecule has 0 bridgehead atoms. The van der Waals surface area contributed by atoms with Gasteiger partial charge in [0.1, 0.15) is 5.75 Å². The van der Waals surface area contributed by atoms with Gasteiger partial charge in [-0.15, -0.1) is 0 Å². The number of likely N-dealkylation sites (N-methyl/N-ethyl adjacent to an activating group) is 1. The van der Waals surface area contributed by atoms with Crippen LogP contribution in [0.4, 0.5) is 11.4 Å². The summed E-state index contributed by atoms with van der Waals surface area (Å²) in [7, 11) is 3.32. The molecule has 2 rings (SSSR count). The minimum absolute atomic E-state index is 0.0953. The number of carbonyl (C=O) groups is 2. The van der Waals surface area contributed by atoms with Crippen molar-refractivity contribution >= 4 is 23.2 Å². The summed E-state index contributed by atoms with van der Waals surface area (Å²) in [4.78, 5) is 26.5. The van der Waals surface area contributed by atoms with Crippen LogP contribution in [0.25, 0.3) is 0 Å². The summed E-state index contributed by atoms with van der Waals surface area (Å²) in [6.45, 7) is 6.12. The summed E-state index contributed by atoms with van der Waals surface area (Å²) >= 11 is 0. The second-order valence-electron chi connectivity index (χ2n) is 7.14. The molecule has 150 valence electrons. The molecule has 0 saturated carbocycles. The van der Waals surface area contributed by atoms with Crippen molar-refractivity contribution in [2.75, 3.05) is 31.3 Å². The van der Waals surface area contributed by atoms with Crippen LogP contribution in [0.3, 0.4) is 0 Å². The molecule has 0 radical (unpaired) electrons. The minimum atomic E-state index is -0.458. The molecule has 0 saturated heterocycles. The number of nitrogens with one attached hydrogen (secondary N) is 2. The van der Waals surface area contributed by atoms with Gasteiger partial charge in [-0.1, -0.05) is 32.0 Å². The molecule has 2 aromatic carbocycles. The van der Waals surface area contributed by atoms with Crippen LogP contribution < -0.4 is 15.4 Å². The van der Waals surface area contributed by atoms with E-state index in [4.69, 9.17) is 4.74 Å². The summed E-state index contributed by atoms with van der Waals surface area (Å²) in [6.07, 6.45) is 0. The van der Waals surface area contributed by atoms with Crippen molar-refractivity contribution in [2.24, 2.45) is 0 Å². The van der Waals surface area contributed by atoms with E-state index in [-0.39, 0.29) is 18.4 Å². The topological polar surface area (TPSA) is 70.7 Å². The molecule has 0 unspecified atom stereocenters. The van der Waals surface area contributed by atoms with Gasteiger partial charge >= 0.3 is 0 Å². The Bertz CT molecular complexity index is 803. The first kappa shape index (κ1) is 21.4. The number of ether oxygens (including phenoxy) is 1. The SMILES string of the molecule is COc1cccc(NC(=O)CN(C)[C@@H](C)C(=O)Nc2ccc(C(C)C)cc2)c1. The molecule has 1 atom stereocenters. The molecule has 0 spiro atoms. The number of amides is 2. The van der Waals surface area contributed by atoms with Gasteiger partial charge in [0.2, 0.25) is 11.8 Å². The highest BCUT2D eigenvalue weighted by Crippen LogP contribution is 2.18. The second-order valence-corrected chi connectivity index (χ2v) is 7.14. The maximum atomic E-state index is 12.5. The number of anilines is 2. The number of benzene rings is 2. The van der Waals surface area contributed by atoms with E-state index >= 15 is 0 Å². The Morgan fingerprint density at radius 3 is 2.29 bits per heavy atom. The van der Waals surface area contributed by atoms with Gasteiger partial charge in [-0.2, -0.15) is 0 Å². The highest BCUT2D eigenvalue weighted by molar-refractivity contribution is 5.96. The van der Waals surface area contributed by atoms with E-state index in [9.17, 15) is 9.59 Å². The fraction of sp³-hybridized carbons (Fsp3) is 0.364. The van der Waals surface area contributed by atoms with Gasteiger partial charge in [-0.05, 0) is 49.7 Å². The fourth-order valence-electron chi connectivity index (χ4n) is 2.66. The standard InChI is InChI=1S/C22H29N3O3/c1-15(2)17-9-11-18(12-10-17)24-22(27)16(3)25(4)14-21(26)23-19-7-6-8-20(13-19)28-5/h6-13,15-16H,14H2,1-5H3,(H,23,26)(H,24,27)/t16-/m0/s1. The average Bonchev–Trinajstić information content (AvgIpc) is 2.67. The third kappa shape index (κ3) is 6.09. The van der Waals surface area contributed by atoms with Crippen molar-refractivity contribution in [1.29, 1.82) is 0 Å².